The van der Waals surface area contributed by atoms with E-state index >= 15 is 0 Å². The molecule has 19 heavy (non-hydrogen) atoms. The molecule has 0 spiro atoms. The summed E-state index contributed by atoms with van der Waals surface area (Å²) >= 11 is 3.48. The Morgan fingerprint density at radius 1 is 1.37 bits per heavy atom. The molecule has 2 rings (SSSR count). The summed E-state index contributed by atoms with van der Waals surface area (Å²) in [5, 5.41) is 8.98. The van der Waals surface area contributed by atoms with E-state index in [0.29, 0.717) is 6.42 Å². The molecule has 0 radical (unpaired) electrons. The number of aromatic nitrogens is 2. The summed E-state index contributed by atoms with van der Waals surface area (Å²) in [7, 11) is 1.66. The lowest BCUT2D eigenvalue weighted by Crippen LogP contribution is -1.95. The summed E-state index contributed by atoms with van der Waals surface area (Å²) in [6.45, 7) is 4.14. The zero-order chi connectivity index (χ0) is 14.0. The third-order valence-corrected chi connectivity index (χ3v) is 3.51. The van der Waals surface area contributed by atoms with Crippen LogP contribution in [0.3, 0.4) is 0 Å². The fourth-order valence-electron chi connectivity index (χ4n) is 2.20. The van der Waals surface area contributed by atoms with E-state index in [1.165, 1.54) is 0 Å². The molecule has 2 aromatic rings. The van der Waals surface area contributed by atoms with Gasteiger partial charge >= 0.3 is 0 Å². The summed E-state index contributed by atoms with van der Waals surface area (Å²) in [5.74, 6) is 1.58. The van der Waals surface area contributed by atoms with Gasteiger partial charge in [0.15, 0.2) is 0 Å². The lowest BCUT2D eigenvalue weighted by molar-refractivity contribution is 0.297. The highest BCUT2D eigenvalue weighted by Gasteiger charge is 2.16. The Labute approximate surface area is 121 Å². The quantitative estimate of drug-likeness (QED) is 0.908. The minimum atomic E-state index is 0.0728. The van der Waals surface area contributed by atoms with Crippen molar-refractivity contribution < 1.29 is 9.84 Å². The molecule has 0 unspecified atom stereocenters. The van der Waals surface area contributed by atoms with E-state index in [0.717, 1.165) is 38.6 Å². The van der Waals surface area contributed by atoms with Gasteiger partial charge in [-0.3, -0.25) is 0 Å². The van der Waals surface area contributed by atoms with Gasteiger partial charge in [-0.15, -0.1) is 0 Å². The number of ether oxygens (including phenoxy) is 1. The fourth-order valence-corrected chi connectivity index (χ4v) is 2.73. The van der Waals surface area contributed by atoms with E-state index in [9.17, 15) is 0 Å². The lowest BCUT2D eigenvalue weighted by atomic mass is 10.0. The van der Waals surface area contributed by atoms with Gasteiger partial charge in [0.05, 0.1) is 13.7 Å². The van der Waals surface area contributed by atoms with E-state index in [1.807, 2.05) is 13.8 Å². The van der Waals surface area contributed by atoms with Crippen molar-refractivity contribution in [3.8, 4) is 17.0 Å². The monoisotopic (exact) mass is 324 g/mol. The third-order valence-electron chi connectivity index (χ3n) is 2.94. The van der Waals surface area contributed by atoms with Crippen molar-refractivity contribution in [3.63, 3.8) is 0 Å². The first-order chi connectivity index (χ1) is 9.06. The van der Waals surface area contributed by atoms with E-state index in [-0.39, 0.29) is 6.61 Å². The lowest BCUT2D eigenvalue weighted by Gasteiger charge is -2.11. The van der Waals surface area contributed by atoms with Gasteiger partial charge in [-0.1, -0.05) is 6.07 Å². The topological polar surface area (TPSA) is 58.1 Å². The summed E-state index contributed by atoms with van der Waals surface area (Å²) in [4.78, 5) is 7.64. The van der Waals surface area contributed by atoms with E-state index in [2.05, 4.69) is 38.0 Å². The molecule has 0 bridgehead atoms. The van der Waals surface area contributed by atoms with Gasteiger partial charge in [0.25, 0.3) is 0 Å². The molecule has 0 amide bonds. The minimum Gasteiger partial charge on any atom is -0.496 e. The number of aliphatic hydroxyl groups is 1. The maximum absolute atomic E-state index is 8.98. The molecule has 1 heterocycles. The van der Waals surface area contributed by atoms with E-state index < -0.39 is 0 Å². The molecule has 1 aromatic carbocycles. The van der Waals surface area contributed by atoms with Gasteiger partial charge in [-0.05, 0) is 47.0 Å². The highest BCUT2D eigenvalue weighted by Crippen LogP contribution is 2.36. The predicted molar refractivity (Wildman–Crippen MR) is 78.5 cm³/mol. The van der Waals surface area contributed by atoms with Crippen molar-refractivity contribution >= 4 is 15.9 Å². The van der Waals surface area contributed by atoms with Gasteiger partial charge in [0.1, 0.15) is 21.9 Å². The van der Waals surface area contributed by atoms with Gasteiger partial charge in [0.2, 0.25) is 0 Å². The first kappa shape index (κ1) is 14.1. The number of aliphatic hydroxyl groups excluding tert-OH is 1. The molecule has 102 valence electrons. The molecule has 0 aliphatic rings. The zero-order valence-electron chi connectivity index (χ0n) is 11.2. The van der Waals surface area contributed by atoms with Gasteiger partial charge in [-0.25, -0.2) is 4.98 Å². The van der Waals surface area contributed by atoms with Crippen LogP contribution in [0.25, 0.3) is 11.3 Å². The van der Waals surface area contributed by atoms with Crippen LogP contribution in [-0.4, -0.2) is 28.8 Å². The number of aryl methyl sites for hydroxylation is 2. The summed E-state index contributed by atoms with van der Waals surface area (Å²) in [6, 6.07) is 4.13. The smallest absolute Gasteiger partial charge is 0.131 e. The number of aromatic amines is 1. The van der Waals surface area contributed by atoms with E-state index in [4.69, 9.17) is 9.84 Å². The summed E-state index contributed by atoms with van der Waals surface area (Å²) in [6.07, 6.45) is 0.506. The van der Waals surface area contributed by atoms with Crippen LogP contribution in [0, 0.1) is 13.8 Å². The first-order valence-electron chi connectivity index (χ1n) is 6.07. The van der Waals surface area contributed by atoms with Crippen LogP contribution in [0.2, 0.25) is 0 Å². The zero-order valence-corrected chi connectivity index (χ0v) is 12.8. The van der Waals surface area contributed by atoms with Crippen LogP contribution in [0.4, 0.5) is 0 Å². The minimum absolute atomic E-state index is 0.0728. The summed E-state index contributed by atoms with van der Waals surface area (Å²) < 4.78 is 6.29. The number of halogens is 1. The Bertz CT molecular complexity index is 593. The third kappa shape index (κ3) is 2.82. The van der Waals surface area contributed by atoms with Crippen molar-refractivity contribution in [2.75, 3.05) is 13.7 Å². The molecule has 0 saturated heterocycles. The molecular formula is C14H17BrN2O2. The van der Waals surface area contributed by atoms with Crippen molar-refractivity contribution in [3.05, 3.63) is 33.7 Å². The Hall–Kier alpha value is -1.33. The Morgan fingerprint density at radius 3 is 2.74 bits per heavy atom. The standard InChI is InChI=1S/C14H17BrN2O2/c1-8-6-9(2)13(19-3)10(7-8)12-14(15)17-11(16-12)4-5-18/h6-7,18H,4-5H2,1-3H3,(H,16,17). The predicted octanol–water partition coefficient (Wildman–Crippen LogP) is 3.00. The summed E-state index contributed by atoms with van der Waals surface area (Å²) in [5.41, 5.74) is 4.00. The molecule has 0 aliphatic carbocycles. The molecular weight excluding hydrogens is 308 g/mol. The van der Waals surface area contributed by atoms with Crippen LogP contribution in [-0.2, 0) is 6.42 Å². The van der Waals surface area contributed by atoms with Crippen molar-refractivity contribution in [2.45, 2.75) is 20.3 Å². The first-order valence-corrected chi connectivity index (χ1v) is 6.87. The number of methoxy groups -OCH3 is 1. The van der Waals surface area contributed by atoms with Crippen LogP contribution in [0.5, 0.6) is 5.75 Å². The molecule has 0 atom stereocenters. The number of H-pyrrole nitrogens is 1. The number of hydrogen-bond acceptors (Lipinski definition) is 3. The number of hydrogen-bond donors (Lipinski definition) is 2. The molecule has 1 aromatic heterocycles. The Kier molecular flexibility index (Phi) is 4.27. The highest BCUT2D eigenvalue weighted by atomic mass is 79.9. The van der Waals surface area contributed by atoms with Crippen LogP contribution < -0.4 is 4.74 Å². The van der Waals surface area contributed by atoms with Gasteiger partial charge < -0.3 is 14.8 Å². The molecule has 0 saturated carbocycles. The number of benzene rings is 1. The molecule has 0 fully saturated rings. The number of nitrogens with one attached hydrogen (secondary N) is 1. The van der Waals surface area contributed by atoms with Gasteiger partial charge in [0, 0.05) is 12.0 Å². The second-order valence-electron chi connectivity index (χ2n) is 4.48. The van der Waals surface area contributed by atoms with Crippen LogP contribution in [0.15, 0.2) is 16.7 Å². The second-order valence-corrected chi connectivity index (χ2v) is 5.28. The average molecular weight is 325 g/mol. The molecule has 0 aliphatic heterocycles. The molecule has 5 heteroatoms. The number of imidazole rings is 1. The number of nitrogens with zero attached hydrogens (tertiary/aromatic N) is 1. The maximum atomic E-state index is 8.98. The number of rotatable bonds is 4. The van der Waals surface area contributed by atoms with Gasteiger partial charge in [-0.2, -0.15) is 0 Å². The highest BCUT2D eigenvalue weighted by molar-refractivity contribution is 9.10. The van der Waals surface area contributed by atoms with Crippen molar-refractivity contribution in [1.82, 2.24) is 9.97 Å². The van der Waals surface area contributed by atoms with Crippen LogP contribution >= 0.6 is 15.9 Å². The Balaban J connectivity index is 2.57. The van der Waals surface area contributed by atoms with E-state index in [1.54, 1.807) is 7.11 Å². The Morgan fingerprint density at radius 2 is 2.11 bits per heavy atom. The van der Waals surface area contributed by atoms with Crippen LogP contribution in [0.1, 0.15) is 17.0 Å². The molecule has 4 nitrogen and oxygen atoms in total. The SMILES string of the molecule is COc1c(C)cc(C)cc1-c1nc(CCO)[nH]c1Br. The van der Waals surface area contributed by atoms with Crippen molar-refractivity contribution in [2.24, 2.45) is 0 Å². The average Bonchev–Trinajstić information content (AvgIpc) is 2.70. The van der Waals surface area contributed by atoms with Crippen molar-refractivity contribution in [1.29, 1.82) is 0 Å². The maximum Gasteiger partial charge on any atom is 0.131 e. The fraction of sp³-hybridized carbons (Fsp3) is 0.357. The second kappa shape index (κ2) is 5.75. The normalized spacial score (nSPS) is 10.8. The molecule has 2 N–H and O–H groups in total. The largest absolute Gasteiger partial charge is 0.496 e.